The van der Waals surface area contributed by atoms with E-state index < -0.39 is 0 Å². The summed E-state index contributed by atoms with van der Waals surface area (Å²) in [5, 5.41) is 3.08. The molecule has 0 amide bonds. The van der Waals surface area contributed by atoms with E-state index in [0.717, 1.165) is 13.0 Å². The van der Waals surface area contributed by atoms with Gasteiger partial charge in [-0.05, 0) is 31.1 Å². The van der Waals surface area contributed by atoms with E-state index in [-0.39, 0.29) is 0 Å². The van der Waals surface area contributed by atoms with Crippen molar-refractivity contribution in [3.8, 4) is 0 Å². The van der Waals surface area contributed by atoms with Gasteiger partial charge < -0.3 is 0 Å². The van der Waals surface area contributed by atoms with E-state index in [1.165, 1.54) is 11.1 Å². The van der Waals surface area contributed by atoms with Crippen LogP contribution >= 0.6 is 23.2 Å². The van der Waals surface area contributed by atoms with Crippen LogP contribution in [0.25, 0.3) is 0 Å². The summed E-state index contributed by atoms with van der Waals surface area (Å²) in [5.41, 5.74) is 5.58. The third-order valence-corrected chi connectivity index (χ3v) is 3.11. The van der Waals surface area contributed by atoms with Gasteiger partial charge in [0, 0.05) is 6.54 Å². The van der Waals surface area contributed by atoms with Gasteiger partial charge in [-0.1, -0.05) is 53.0 Å². The van der Waals surface area contributed by atoms with E-state index in [1.807, 2.05) is 5.01 Å². The quantitative estimate of drug-likeness (QED) is 0.844. The highest BCUT2D eigenvalue weighted by Gasteiger charge is 2.11. The van der Waals surface area contributed by atoms with Crippen LogP contribution in [0.5, 0.6) is 0 Å². The fourth-order valence-electron chi connectivity index (χ4n) is 1.72. The number of allylic oxidation sites excluding steroid dienone is 2. The Morgan fingerprint density at radius 3 is 2.82 bits per heavy atom. The lowest BCUT2D eigenvalue weighted by atomic mass is 10.1. The number of rotatable bonds is 3. The Balaban J connectivity index is 1.95. The number of hydrogen-bond donors (Lipinski definition) is 1. The lowest BCUT2D eigenvalue weighted by Gasteiger charge is -2.27. The first-order valence-corrected chi connectivity index (χ1v) is 6.23. The van der Waals surface area contributed by atoms with Gasteiger partial charge in [0.2, 0.25) is 0 Å². The second-order valence-corrected chi connectivity index (χ2v) is 4.80. The predicted molar refractivity (Wildman–Crippen MR) is 72.6 cm³/mol. The lowest BCUT2D eigenvalue weighted by molar-refractivity contribution is 0.300. The molecule has 1 aliphatic rings. The highest BCUT2D eigenvalue weighted by molar-refractivity contribution is 6.31. The monoisotopic (exact) mass is 268 g/mol. The molecule has 0 atom stereocenters. The van der Waals surface area contributed by atoms with Crippen LogP contribution in [0.4, 0.5) is 0 Å². The summed E-state index contributed by atoms with van der Waals surface area (Å²) in [5.74, 6) is 0. The standard InChI is InChI=1S/C13H14Cl2N2/c1-10-3-2-4-11(9-10)7-8-17-13(15)6-5-12(14)16-17/h2-6,9,16H,7-8H2,1H3. The Bertz CT molecular complexity index is 466. The Morgan fingerprint density at radius 2 is 2.06 bits per heavy atom. The minimum Gasteiger partial charge on any atom is -0.287 e. The van der Waals surface area contributed by atoms with Crippen LogP contribution in [0.15, 0.2) is 46.7 Å². The number of hydrogen-bond acceptors (Lipinski definition) is 2. The van der Waals surface area contributed by atoms with Gasteiger partial charge >= 0.3 is 0 Å². The van der Waals surface area contributed by atoms with E-state index in [9.17, 15) is 0 Å². The zero-order valence-electron chi connectivity index (χ0n) is 9.58. The predicted octanol–water partition coefficient (Wildman–Crippen LogP) is 3.52. The van der Waals surface area contributed by atoms with Gasteiger partial charge in [-0.25, -0.2) is 0 Å². The summed E-state index contributed by atoms with van der Waals surface area (Å²) in [6.07, 6.45) is 4.45. The molecule has 2 rings (SSSR count). The van der Waals surface area contributed by atoms with Gasteiger partial charge in [-0.2, -0.15) is 0 Å². The van der Waals surface area contributed by atoms with Crippen LogP contribution in [0.2, 0.25) is 0 Å². The van der Waals surface area contributed by atoms with Crippen LogP contribution in [0.1, 0.15) is 11.1 Å². The molecule has 0 spiro atoms. The van der Waals surface area contributed by atoms with Crippen molar-refractivity contribution in [2.75, 3.05) is 6.54 Å². The second-order valence-electron chi connectivity index (χ2n) is 4.01. The van der Waals surface area contributed by atoms with E-state index in [1.54, 1.807) is 12.2 Å². The van der Waals surface area contributed by atoms with Crippen LogP contribution in [-0.4, -0.2) is 11.6 Å². The smallest absolute Gasteiger partial charge is 0.123 e. The zero-order valence-corrected chi connectivity index (χ0v) is 11.1. The molecule has 1 heterocycles. The molecule has 0 saturated heterocycles. The fraction of sp³-hybridized carbons (Fsp3) is 0.231. The molecule has 1 aromatic rings. The van der Waals surface area contributed by atoms with E-state index in [2.05, 4.69) is 36.6 Å². The Morgan fingerprint density at radius 1 is 1.24 bits per heavy atom. The van der Waals surface area contributed by atoms with Crippen molar-refractivity contribution in [1.29, 1.82) is 0 Å². The number of halogens is 2. The average molecular weight is 269 g/mol. The van der Waals surface area contributed by atoms with Crippen LogP contribution in [0.3, 0.4) is 0 Å². The topological polar surface area (TPSA) is 15.3 Å². The minimum absolute atomic E-state index is 0.582. The maximum atomic E-state index is 6.07. The molecule has 17 heavy (non-hydrogen) atoms. The summed E-state index contributed by atoms with van der Waals surface area (Å²) in [7, 11) is 0. The van der Waals surface area contributed by atoms with Crippen molar-refractivity contribution >= 4 is 23.2 Å². The Hall–Kier alpha value is -1.12. The molecular formula is C13H14Cl2N2. The molecule has 0 bridgehead atoms. The van der Waals surface area contributed by atoms with Gasteiger partial charge in [0.1, 0.15) is 10.3 Å². The lowest BCUT2D eigenvalue weighted by Crippen LogP contribution is -2.37. The number of hydrazine groups is 1. The highest BCUT2D eigenvalue weighted by Crippen LogP contribution is 2.16. The SMILES string of the molecule is Cc1cccc(CCN2NC(Cl)=CC=C2Cl)c1. The number of nitrogens with zero attached hydrogens (tertiary/aromatic N) is 1. The first-order chi connectivity index (χ1) is 8.15. The largest absolute Gasteiger partial charge is 0.287 e. The van der Waals surface area contributed by atoms with Crippen LogP contribution < -0.4 is 5.43 Å². The molecule has 2 nitrogen and oxygen atoms in total. The average Bonchev–Trinajstić information content (AvgIpc) is 2.30. The molecule has 0 fully saturated rings. The van der Waals surface area contributed by atoms with E-state index >= 15 is 0 Å². The number of benzene rings is 1. The molecule has 0 unspecified atom stereocenters. The number of nitrogens with one attached hydrogen (secondary N) is 1. The van der Waals surface area contributed by atoms with Crippen molar-refractivity contribution in [3.05, 3.63) is 57.9 Å². The summed E-state index contributed by atoms with van der Waals surface area (Å²) in [6.45, 7) is 2.87. The summed E-state index contributed by atoms with van der Waals surface area (Å²) < 4.78 is 0. The number of aryl methyl sites for hydroxylation is 1. The third-order valence-electron chi connectivity index (χ3n) is 2.57. The molecule has 1 N–H and O–H groups in total. The molecule has 0 aliphatic carbocycles. The molecule has 4 heteroatoms. The summed E-state index contributed by atoms with van der Waals surface area (Å²) >= 11 is 12.0. The molecule has 0 saturated carbocycles. The van der Waals surface area contributed by atoms with Gasteiger partial charge in [-0.15, -0.1) is 0 Å². The van der Waals surface area contributed by atoms with Crippen LogP contribution in [-0.2, 0) is 6.42 Å². The molecule has 0 aromatic heterocycles. The minimum atomic E-state index is 0.582. The summed E-state index contributed by atoms with van der Waals surface area (Å²) in [4.78, 5) is 0. The summed E-state index contributed by atoms with van der Waals surface area (Å²) in [6, 6.07) is 8.46. The fourth-order valence-corrected chi connectivity index (χ4v) is 2.08. The van der Waals surface area contributed by atoms with Gasteiger partial charge in [-0.3, -0.25) is 10.4 Å². The van der Waals surface area contributed by atoms with Crippen molar-refractivity contribution in [1.82, 2.24) is 10.4 Å². The maximum Gasteiger partial charge on any atom is 0.123 e. The van der Waals surface area contributed by atoms with Gasteiger partial charge in [0.05, 0.1) is 0 Å². The van der Waals surface area contributed by atoms with Crippen LogP contribution in [0, 0.1) is 6.92 Å². The first-order valence-electron chi connectivity index (χ1n) is 5.48. The highest BCUT2D eigenvalue weighted by atomic mass is 35.5. The molecule has 0 radical (unpaired) electrons. The second kappa shape index (κ2) is 5.48. The molecule has 1 aliphatic heterocycles. The Kier molecular flexibility index (Phi) is 3.97. The molecular weight excluding hydrogens is 255 g/mol. The molecule has 1 aromatic carbocycles. The maximum absolute atomic E-state index is 6.07. The zero-order chi connectivity index (χ0) is 12.3. The third kappa shape index (κ3) is 3.42. The Labute approximate surface area is 111 Å². The first kappa shape index (κ1) is 12.3. The van der Waals surface area contributed by atoms with Crippen molar-refractivity contribution in [2.45, 2.75) is 13.3 Å². The normalized spacial score (nSPS) is 15.1. The van der Waals surface area contributed by atoms with Gasteiger partial charge in [0.15, 0.2) is 0 Å². The van der Waals surface area contributed by atoms with Gasteiger partial charge in [0.25, 0.3) is 0 Å². The van der Waals surface area contributed by atoms with E-state index in [0.29, 0.717) is 10.3 Å². The van der Waals surface area contributed by atoms with Crippen molar-refractivity contribution < 1.29 is 0 Å². The van der Waals surface area contributed by atoms with Crippen molar-refractivity contribution in [3.63, 3.8) is 0 Å². The van der Waals surface area contributed by atoms with E-state index in [4.69, 9.17) is 23.2 Å². The van der Waals surface area contributed by atoms with Crippen molar-refractivity contribution in [2.24, 2.45) is 0 Å². The molecule has 90 valence electrons.